The van der Waals surface area contributed by atoms with Crippen LogP contribution in [0.2, 0.25) is 0 Å². The van der Waals surface area contributed by atoms with Crippen molar-refractivity contribution in [3.8, 4) is 16.8 Å². The highest BCUT2D eigenvalue weighted by atomic mass is 15.2. The van der Waals surface area contributed by atoms with Gasteiger partial charge in [0.25, 0.3) is 0 Å². The van der Waals surface area contributed by atoms with Gasteiger partial charge in [0.1, 0.15) is 0 Å². The predicted molar refractivity (Wildman–Crippen MR) is 220 cm³/mol. The molecule has 0 atom stereocenters. The Bertz CT molecular complexity index is 2740. The predicted octanol–water partition coefficient (Wildman–Crippen LogP) is 12.7. The van der Waals surface area contributed by atoms with Crippen LogP contribution >= 0.6 is 0 Å². The Morgan fingerprint density at radius 1 is 0.358 bits per heavy atom. The molecule has 0 radical (unpaired) electrons. The van der Waals surface area contributed by atoms with Crippen LogP contribution in [0.25, 0.3) is 38.6 Å². The number of fused-ring (bicyclic) bond motifs is 11. The third-order valence-electron chi connectivity index (χ3n) is 11.8. The van der Waals surface area contributed by atoms with E-state index in [4.69, 9.17) is 0 Å². The Hall–Kier alpha value is -6.64. The molecule has 1 aromatic heterocycles. The van der Waals surface area contributed by atoms with Crippen LogP contribution in [-0.4, -0.2) is 4.57 Å². The summed E-state index contributed by atoms with van der Waals surface area (Å²) in [5, 5.41) is 2.55. The number of nitrogens with zero attached hydrogens (tertiary/aromatic N) is 2. The summed E-state index contributed by atoms with van der Waals surface area (Å²) in [6, 6.07) is 72.1. The first-order valence-corrected chi connectivity index (χ1v) is 18.7. The van der Waals surface area contributed by atoms with Crippen molar-refractivity contribution in [2.75, 3.05) is 4.90 Å². The van der Waals surface area contributed by atoms with Gasteiger partial charge in [-0.3, -0.25) is 0 Å². The van der Waals surface area contributed by atoms with Crippen molar-refractivity contribution in [2.45, 2.75) is 18.3 Å². The highest BCUT2D eigenvalue weighted by molar-refractivity contribution is 6.09. The van der Waals surface area contributed by atoms with Gasteiger partial charge in [-0.1, -0.05) is 140 Å². The van der Waals surface area contributed by atoms with Crippen molar-refractivity contribution in [3.05, 3.63) is 228 Å². The summed E-state index contributed by atoms with van der Waals surface area (Å²) in [4.78, 5) is 2.50. The molecule has 11 rings (SSSR count). The SMILES string of the molecule is c1ccc(-c2ccc3c(c2)C2(c4ccccc4CCc4ccccc42)c2ccccc2N3c2ccc(-n3c4ccccc4c4ccccc43)cc2)cc1. The maximum absolute atomic E-state index is 2.50. The van der Waals surface area contributed by atoms with E-state index in [2.05, 4.69) is 204 Å². The van der Waals surface area contributed by atoms with Crippen LogP contribution in [-0.2, 0) is 18.3 Å². The molecule has 0 bridgehead atoms. The van der Waals surface area contributed by atoms with Gasteiger partial charge >= 0.3 is 0 Å². The lowest BCUT2D eigenvalue weighted by atomic mass is 9.61. The molecule has 0 N–H and O–H groups in total. The Kier molecular flexibility index (Phi) is 6.63. The minimum atomic E-state index is -0.500. The van der Waals surface area contributed by atoms with E-state index < -0.39 is 5.41 Å². The van der Waals surface area contributed by atoms with E-state index in [0.717, 1.165) is 24.2 Å². The molecule has 0 amide bonds. The average Bonchev–Trinajstić information content (AvgIpc) is 3.49. The van der Waals surface area contributed by atoms with Gasteiger partial charge in [0.15, 0.2) is 0 Å². The smallest absolute Gasteiger partial charge is 0.0747 e. The largest absolute Gasteiger partial charge is 0.310 e. The fourth-order valence-corrected chi connectivity index (χ4v) is 9.53. The highest BCUT2D eigenvalue weighted by Crippen LogP contribution is 2.60. The maximum atomic E-state index is 2.50. The van der Waals surface area contributed by atoms with E-state index in [0.29, 0.717) is 0 Å². The zero-order valence-corrected chi connectivity index (χ0v) is 29.3. The Balaban J connectivity index is 1.18. The summed E-state index contributed by atoms with van der Waals surface area (Å²) in [6.45, 7) is 0. The summed E-state index contributed by atoms with van der Waals surface area (Å²) in [5.41, 5.74) is 17.3. The van der Waals surface area contributed by atoms with Gasteiger partial charge < -0.3 is 9.47 Å². The molecular formula is C51H36N2. The number of rotatable bonds is 3. The lowest BCUT2D eigenvalue weighted by Crippen LogP contribution is -2.38. The molecule has 2 heterocycles. The molecule has 2 aliphatic rings. The van der Waals surface area contributed by atoms with Crippen molar-refractivity contribution < 1.29 is 0 Å². The number of aromatic nitrogens is 1. The lowest BCUT2D eigenvalue weighted by Gasteiger charge is -2.47. The third kappa shape index (κ3) is 4.33. The first kappa shape index (κ1) is 30.0. The van der Waals surface area contributed by atoms with Gasteiger partial charge in [-0.15, -0.1) is 0 Å². The van der Waals surface area contributed by atoms with Gasteiger partial charge in [0.2, 0.25) is 0 Å². The number of anilines is 3. The Labute approximate surface area is 309 Å². The normalized spacial score (nSPS) is 14.0. The molecule has 53 heavy (non-hydrogen) atoms. The van der Waals surface area contributed by atoms with Gasteiger partial charge in [-0.25, -0.2) is 0 Å². The van der Waals surface area contributed by atoms with Gasteiger partial charge in [0.05, 0.1) is 27.8 Å². The molecule has 1 aliphatic heterocycles. The van der Waals surface area contributed by atoms with Crippen LogP contribution in [0.5, 0.6) is 0 Å². The summed E-state index contributed by atoms with van der Waals surface area (Å²) in [7, 11) is 0. The van der Waals surface area contributed by atoms with E-state index >= 15 is 0 Å². The van der Waals surface area contributed by atoms with Crippen molar-refractivity contribution in [2.24, 2.45) is 0 Å². The second kappa shape index (κ2) is 11.7. The minimum Gasteiger partial charge on any atom is -0.310 e. The Morgan fingerprint density at radius 3 is 1.53 bits per heavy atom. The third-order valence-corrected chi connectivity index (χ3v) is 11.8. The molecule has 0 saturated heterocycles. The number of hydrogen-bond acceptors (Lipinski definition) is 1. The highest BCUT2D eigenvalue weighted by Gasteiger charge is 2.49. The standard InChI is InChI=1S/C51H36N2/c1-2-14-35(15-3-1)38-28-33-50-46(34-38)51(43-20-8-4-16-36(43)26-27-37-17-5-9-21-44(37)51)45-22-10-13-25-49(45)53(50)40-31-29-39(30-32-40)52-47-23-11-6-18-41(47)42-19-7-12-24-48(42)52/h1-25,28-34H,26-27H2. The van der Waals surface area contributed by atoms with Gasteiger partial charge in [-0.05, 0) is 112 Å². The molecule has 0 unspecified atom stereocenters. The zero-order valence-electron chi connectivity index (χ0n) is 29.3. The van der Waals surface area contributed by atoms with Crippen molar-refractivity contribution in [1.29, 1.82) is 0 Å². The fraction of sp³-hybridized carbons (Fsp3) is 0.0588. The molecule has 1 spiro atoms. The van der Waals surface area contributed by atoms with E-state index in [1.165, 1.54) is 77.7 Å². The lowest BCUT2D eigenvalue weighted by molar-refractivity contribution is 0.726. The van der Waals surface area contributed by atoms with Crippen LogP contribution in [0.15, 0.2) is 194 Å². The molecule has 0 fully saturated rings. The van der Waals surface area contributed by atoms with Gasteiger partial charge in [0, 0.05) is 22.1 Å². The molecule has 2 heteroatoms. The average molecular weight is 677 g/mol. The maximum Gasteiger partial charge on any atom is 0.0747 e. The summed E-state index contributed by atoms with van der Waals surface area (Å²) >= 11 is 0. The second-order valence-corrected chi connectivity index (χ2v) is 14.4. The summed E-state index contributed by atoms with van der Waals surface area (Å²) < 4.78 is 2.40. The number of benzene rings is 8. The zero-order chi connectivity index (χ0) is 34.9. The molecule has 2 nitrogen and oxygen atoms in total. The fourth-order valence-electron chi connectivity index (χ4n) is 9.53. The van der Waals surface area contributed by atoms with Crippen LogP contribution < -0.4 is 4.90 Å². The van der Waals surface area contributed by atoms with Crippen LogP contribution in [0.1, 0.15) is 33.4 Å². The Morgan fingerprint density at radius 2 is 0.868 bits per heavy atom. The molecule has 250 valence electrons. The van der Waals surface area contributed by atoms with E-state index in [9.17, 15) is 0 Å². The molecule has 1 aliphatic carbocycles. The molecular weight excluding hydrogens is 641 g/mol. The molecule has 8 aromatic carbocycles. The topological polar surface area (TPSA) is 8.17 Å². The van der Waals surface area contributed by atoms with E-state index in [1.54, 1.807) is 0 Å². The van der Waals surface area contributed by atoms with E-state index in [1.807, 2.05) is 0 Å². The van der Waals surface area contributed by atoms with Crippen LogP contribution in [0.3, 0.4) is 0 Å². The molecule has 9 aromatic rings. The summed E-state index contributed by atoms with van der Waals surface area (Å²) in [6.07, 6.45) is 2.03. The minimum absolute atomic E-state index is 0.500. The monoisotopic (exact) mass is 676 g/mol. The first-order valence-electron chi connectivity index (χ1n) is 18.7. The second-order valence-electron chi connectivity index (χ2n) is 14.4. The van der Waals surface area contributed by atoms with Crippen LogP contribution in [0.4, 0.5) is 17.1 Å². The van der Waals surface area contributed by atoms with Crippen molar-refractivity contribution in [1.82, 2.24) is 4.57 Å². The van der Waals surface area contributed by atoms with E-state index in [-0.39, 0.29) is 0 Å². The van der Waals surface area contributed by atoms with Crippen LogP contribution in [0, 0.1) is 0 Å². The molecule has 0 saturated carbocycles. The first-order chi connectivity index (χ1) is 26.3. The number of para-hydroxylation sites is 3. The van der Waals surface area contributed by atoms with Crippen molar-refractivity contribution in [3.63, 3.8) is 0 Å². The van der Waals surface area contributed by atoms with Crippen molar-refractivity contribution >= 4 is 38.9 Å². The number of aryl methyl sites for hydroxylation is 2. The quantitative estimate of drug-likeness (QED) is 0.181. The summed E-state index contributed by atoms with van der Waals surface area (Å²) in [5.74, 6) is 0. The van der Waals surface area contributed by atoms with Gasteiger partial charge in [-0.2, -0.15) is 0 Å². The number of hydrogen-bond donors (Lipinski definition) is 0.